The lowest BCUT2D eigenvalue weighted by molar-refractivity contribution is -0.384. The van der Waals surface area contributed by atoms with Gasteiger partial charge in [0.05, 0.1) is 11.0 Å². The first kappa shape index (κ1) is 15.6. The van der Waals surface area contributed by atoms with E-state index in [2.05, 4.69) is 59.1 Å². The van der Waals surface area contributed by atoms with Crippen LogP contribution in [0.4, 0.5) is 11.4 Å². The quantitative estimate of drug-likeness (QED) is 0.302. The molecule has 1 aliphatic heterocycles. The highest BCUT2D eigenvalue weighted by molar-refractivity contribution is 14.1. The van der Waals surface area contributed by atoms with Crippen molar-refractivity contribution in [3.05, 3.63) is 78.9 Å². The van der Waals surface area contributed by atoms with E-state index >= 15 is 0 Å². The summed E-state index contributed by atoms with van der Waals surface area (Å²) in [6.45, 7) is 2.14. The van der Waals surface area contributed by atoms with Crippen LogP contribution in [-0.4, -0.2) is 4.92 Å². The molecule has 0 aromatic heterocycles. The van der Waals surface area contributed by atoms with E-state index in [1.165, 1.54) is 20.4 Å². The molecule has 0 fully saturated rings. The lowest BCUT2D eigenvalue weighted by Gasteiger charge is -2.38. The highest BCUT2D eigenvalue weighted by atomic mass is 127. The minimum atomic E-state index is -0.348. The van der Waals surface area contributed by atoms with Gasteiger partial charge in [-0.3, -0.25) is 10.1 Å². The summed E-state index contributed by atoms with van der Waals surface area (Å²) in [7, 11) is 0. The van der Waals surface area contributed by atoms with Crippen molar-refractivity contribution < 1.29 is 4.92 Å². The number of aryl methyl sites for hydroxylation is 1. The Kier molecular flexibility index (Phi) is 3.83. The fourth-order valence-electron chi connectivity index (χ4n) is 3.97. The van der Waals surface area contributed by atoms with Crippen molar-refractivity contribution in [2.75, 3.05) is 5.32 Å². The maximum Gasteiger partial charge on any atom is 0.269 e. The van der Waals surface area contributed by atoms with Crippen LogP contribution in [0, 0.1) is 26.5 Å². The number of anilines is 1. The summed E-state index contributed by atoms with van der Waals surface area (Å²) in [4.78, 5) is 10.5. The Bertz CT molecular complexity index is 845. The van der Waals surface area contributed by atoms with Gasteiger partial charge in [0.2, 0.25) is 0 Å². The van der Waals surface area contributed by atoms with Gasteiger partial charge in [0.15, 0.2) is 0 Å². The molecule has 0 bridgehead atoms. The second-order valence-corrected chi connectivity index (χ2v) is 7.76. The van der Waals surface area contributed by atoms with E-state index in [1.807, 2.05) is 12.1 Å². The van der Waals surface area contributed by atoms with E-state index in [0.717, 1.165) is 12.0 Å². The highest BCUT2D eigenvalue weighted by Gasteiger charge is 2.38. The molecule has 122 valence electrons. The van der Waals surface area contributed by atoms with E-state index in [1.54, 1.807) is 12.1 Å². The van der Waals surface area contributed by atoms with Crippen LogP contribution in [0.5, 0.6) is 0 Å². The average molecular weight is 432 g/mol. The molecule has 1 N–H and O–H groups in total. The third-order valence-corrected chi connectivity index (χ3v) is 5.72. The van der Waals surface area contributed by atoms with E-state index in [-0.39, 0.29) is 16.7 Å². The number of nitrogens with zero attached hydrogens (tertiary/aromatic N) is 1. The van der Waals surface area contributed by atoms with E-state index in [9.17, 15) is 10.1 Å². The average Bonchev–Trinajstić information content (AvgIpc) is 3.04. The molecule has 0 saturated carbocycles. The Balaban J connectivity index is 1.76. The van der Waals surface area contributed by atoms with Crippen LogP contribution >= 0.6 is 22.6 Å². The van der Waals surface area contributed by atoms with Crippen molar-refractivity contribution in [3.8, 4) is 0 Å². The molecule has 3 atom stereocenters. The predicted octanol–water partition coefficient (Wildman–Crippen LogP) is 5.33. The fourth-order valence-corrected chi connectivity index (χ4v) is 4.78. The van der Waals surface area contributed by atoms with Gasteiger partial charge in [0.1, 0.15) is 0 Å². The number of nitrogens with one attached hydrogen (secondary N) is 1. The summed E-state index contributed by atoms with van der Waals surface area (Å²) < 4.78 is 1.26. The minimum Gasteiger partial charge on any atom is -0.377 e. The third-order valence-electron chi connectivity index (χ3n) is 5.09. The summed E-state index contributed by atoms with van der Waals surface area (Å²) in [6, 6.07) is 11.6. The predicted molar refractivity (Wildman–Crippen MR) is 103 cm³/mol. The molecule has 2 aromatic carbocycles. The fraction of sp³-hybridized carbons (Fsp3) is 0.263. The van der Waals surface area contributed by atoms with Crippen LogP contribution in [0.25, 0.3) is 0 Å². The molecule has 1 heterocycles. The van der Waals surface area contributed by atoms with Crippen LogP contribution < -0.4 is 5.32 Å². The van der Waals surface area contributed by atoms with Crippen LogP contribution in [0.2, 0.25) is 0 Å². The van der Waals surface area contributed by atoms with Crippen molar-refractivity contribution in [1.82, 2.24) is 0 Å². The summed E-state index contributed by atoms with van der Waals surface area (Å²) in [5.74, 6) is 0.867. The minimum absolute atomic E-state index is 0.141. The van der Waals surface area contributed by atoms with Gasteiger partial charge in [-0.15, -0.1) is 0 Å². The van der Waals surface area contributed by atoms with Gasteiger partial charge < -0.3 is 5.32 Å². The van der Waals surface area contributed by atoms with Crippen molar-refractivity contribution in [2.24, 2.45) is 5.92 Å². The Morgan fingerprint density at radius 1 is 1.25 bits per heavy atom. The van der Waals surface area contributed by atoms with Gasteiger partial charge in [-0.25, -0.2) is 0 Å². The lowest BCUT2D eigenvalue weighted by atomic mass is 9.76. The lowest BCUT2D eigenvalue weighted by Crippen LogP contribution is -2.29. The Morgan fingerprint density at radius 3 is 2.71 bits per heavy atom. The summed E-state index contributed by atoms with van der Waals surface area (Å²) >= 11 is 2.38. The van der Waals surface area contributed by atoms with Crippen molar-refractivity contribution in [1.29, 1.82) is 0 Å². The largest absolute Gasteiger partial charge is 0.377 e. The third kappa shape index (κ3) is 2.51. The van der Waals surface area contributed by atoms with Gasteiger partial charge in [-0.2, -0.15) is 0 Å². The molecule has 0 spiro atoms. The van der Waals surface area contributed by atoms with E-state index in [0.29, 0.717) is 11.8 Å². The van der Waals surface area contributed by atoms with Crippen molar-refractivity contribution in [2.45, 2.75) is 25.3 Å². The van der Waals surface area contributed by atoms with Gasteiger partial charge in [-0.1, -0.05) is 24.3 Å². The number of halogens is 1. The van der Waals surface area contributed by atoms with Gasteiger partial charge in [0, 0.05) is 27.3 Å². The Hall–Kier alpha value is -1.89. The molecule has 24 heavy (non-hydrogen) atoms. The van der Waals surface area contributed by atoms with Crippen molar-refractivity contribution >= 4 is 34.0 Å². The van der Waals surface area contributed by atoms with Gasteiger partial charge >= 0.3 is 0 Å². The van der Waals surface area contributed by atoms with Crippen LogP contribution in [0.15, 0.2) is 48.6 Å². The van der Waals surface area contributed by atoms with Gasteiger partial charge in [-0.05, 0) is 70.7 Å². The molecule has 2 aromatic rings. The number of nitro benzene ring substituents is 1. The van der Waals surface area contributed by atoms with E-state index in [4.69, 9.17) is 0 Å². The monoisotopic (exact) mass is 432 g/mol. The number of rotatable bonds is 2. The standard InChI is InChI=1S/C19H17IN2O2/c1-11-9-13(20)10-17-15-3-2-4-16(15)19(21-18(11)17)12-5-7-14(8-6-12)22(23)24/h2-3,5-10,15-16,19,21H,4H2,1H3/t15-,16-,19+/m0/s1. The zero-order valence-corrected chi connectivity index (χ0v) is 15.4. The number of benzene rings is 2. The second kappa shape index (κ2) is 5.88. The molecule has 0 radical (unpaired) electrons. The smallest absolute Gasteiger partial charge is 0.269 e. The first-order valence-electron chi connectivity index (χ1n) is 8.02. The molecular weight excluding hydrogens is 415 g/mol. The molecule has 4 rings (SSSR count). The maximum atomic E-state index is 10.9. The molecule has 4 nitrogen and oxygen atoms in total. The molecule has 0 amide bonds. The van der Waals surface area contributed by atoms with Crippen LogP contribution in [0.3, 0.4) is 0 Å². The zero-order chi connectivity index (χ0) is 16.8. The normalized spacial score (nSPS) is 24.2. The summed E-state index contributed by atoms with van der Waals surface area (Å²) in [6.07, 6.45) is 5.61. The second-order valence-electron chi connectivity index (χ2n) is 6.51. The molecular formula is C19H17IN2O2. The molecule has 5 heteroatoms. The molecule has 2 aliphatic rings. The topological polar surface area (TPSA) is 55.2 Å². The molecule has 0 unspecified atom stereocenters. The van der Waals surface area contributed by atoms with Crippen LogP contribution in [0.1, 0.15) is 35.1 Å². The summed E-state index contributed by atoms with van der Waals surface area (Å²) in [5, 5.41) is 14.6. The first-order chi connectivity index (χ1) is 11.5. The Morgan fingerprint density at radius 2 is 2.00 bits per heavy atom. The number of hydrogen-bond acceptors (Lipinski definition) is 3. The number of nitro groups is 1. The number of allylic oxidation sites excluding steroid dienone is 2. The van der Waals surface area contributed by atoms with Gasteiger partial charge in [0.25, 0.3) is 5.69 Å². The number of fused-ring (bicyclic) bond motifs is 3. The first-order valence-corrected chi connectivity index (χ1v) is 9.10. The maximum absolute atomic E-state index is 10.9. The Labute approximate surface area is 154 Å². The van der Waals surface area contributed by atoms with Crippen molar-refractivity contribution in [3.63, 3.8) is 0 Å². The molecule has 1 aliphatic carbocycles. The summed E-state index contributed by atoms with van der Waals surface area (Å²) in [5.41, 5.74) is 5.09. The van der Waals surface area contributed by atoms with E-state index < -0.39 is 0 Å². The molecule has 0 saturated heterocycles. The van der Waals surface area contributed by atoms with Crippen LogP contribution in [-0.2, 0) is 0 Å². The number of non-ortho nitro benzene ring substituents is 1. The SMILES string of the molecule is Cc1cc(I)cc2c1N[C@H](c1ccc([N+](=O)[O-])cc1)[C@H]1CC=C[C@H]21. The highest BCUT2D eigenvalue weighted by Crippen LogP contribution is 2.51. The zero-order valence-electron chi connectivity index (χ0n) is 13.2. The number of hydrogen-bond donors (Lipinski definition) is 1.